The molecule has 35 heavy (non-hydrogen) atoms. The number of piperazine rings is 1. The molecule has 0 unspecified atom stereocenters. The van der Waals surface area contributed by atoms with Crippen molar-refractivity contribution in [2.24, 2.45) is 0 Å². The summed E-state index contributed by atoms with van der Waals surface area (Å²) in [6.45, 7) is 4.11. The van der Waals surface area contributed by atoms with Crippen molar-refractivity contribution in [3.63, 3.8) is 0 Å². The van der Waals surface area contributed by atoms with E-state index in [9.17, 15) is 9.59 Å². The molecule has 0 aliphatic carbocycles. The number of imidazole rings is 1. The maximum absolute atomic E-state index is 13.0. The highest BCUT2D eigenvalue weighted by molar-refractivity contribution is 5.89. The predicted octanol–water partition coefficient (Wildman–Crippen LogP) is 4.64. The van der Waals surface area contributed by atoms with E-state index >= 15 is 0 Å². The summed E-state index contributed by atoms with van der Waals surface area (Å²) in [5, 5.41) is 2.95. The van der Waals surface area contributed by atoms with Gasteiger partial charge in [0.05, 0.1) is 11.0 Å². The lowest BCUT2D eigenvalue weighted by Gasteiger charge is -2.34. The van der Waals surface area contributed by atoms with E-state index in [1.165, 1.54) is 0 Å². The first kappa shape index (κ1) is 22.7. The topological polar surface area (TPSA) is 70.5 Å². The highest BCUT2D eigenvalue weighted by Crippen LogP contribution is 2.22. The molecule has 1 aliphatic heterocycles. The molecule has 0 saturated carbocycles. The number of carbonyl (C=O) groups excluding carboxylic acids is 2. The minimum atomic E-state index is -0.126. The Balaban J connectivity index is 1.20. The minimum absolute atomic E-state index is 0.0930. The number of aromatic nitrogens is 2. The summed E-state index contributed by atoms with van der Waals surface area (Å²) in [7, 11) is 0. The summed E-state index contributed by atoms with van der Waals surface area (Å²) < 4.78 is 2.14. The number of carbonyl (C=O) groups is 2. The fourth-order valence-corrected chi connectivity index (χ4v) is 4.57. The monoisotopic (exact) mass is 467 g/mol. The number of benzene rings is 3. The molecule has 1 saturated heterocycles. The van der Waals surface area contributed by atoms with Crippen LogP contribution in [0.3, 0.4) is 0 Å². The Bertz CT molecular complexity index is 1340. The number of urea groups is 1. The van der Waals surface area contributed by atoms with Crippen molar-refractivity contribution in [1.82, 2.24) is 19.4 Å². The van der Waals surface area contributed by atoms with Gasteiger partial charge in [0.2, 0.25) is 5.91 Å². The zero-order valence-electron chi connectivity index (χ0n) is 19.9. The van der Waals surface area contributed by atoms with Crippen molar-refractivity contribution in [2.75, 3.05) is 31.5 Å². The third kappa shape index (κ3) is 5.04. The maximum atomic E-state index is 13.0. The largest absolute Gasteiger partial charge is 0.339 e. The third-order valence-electron chi connectivity index (χ3n) is 6.40. The van der Waals surface area contributed by atoms with Crippen LogP contribution in [0.2, 0.25) is 0 Å². The van der Waals surface area contributed by atoms with Crippen molar-refractivity contribution < 1.29 is 9.59 Å². The predicted molar refractivity (Wildman–Crippen MR) is 138 cm³/mol. The molecule has 2 heterocycles. The number of anilines is 1. The van der Waals surface area contributed by atoms with Gasteiger partial charge in [-0.2, -0.15) is 0 Å². The molecule has 5 rings (SSSR count). The number of hydrogen-bond acceptors (Lipinski definition) is 3. The summed E-state index contributed by atoms with van der Waals surface area (Å²) in [4.78, 5) is 34.1. The number of amides is 3. The van der Waals surface area contributed by atoms with Gasteiger partial charge < -0.3 is 15.1 Å². The first-order valence-corrected chi connectivity index (χ1v) is 12.0. The average Bonchev–Trinajstić information content (AvgIpc) is 3.26. The minimum Gasteiger partial charge on any atom is -0.339 e. The van der Waals surface area contributed by atoms with E-state index < -0.39 is 0 Å². The number of nitrogens with zero attached hydrogens (tertiary/aromatic N) is 4. The second-order valence-corrected chi connectivity index (χ2v) is 8.86. The maximum Gasteiger partial charge on any atom is 0.321 e. The van der Waals surface area contributed by atoms with Gasteiger partial charge in [-0.1, -0.05) is 42.5 Å². The highest BCUT2D eigenvalue weighted by atomic mass is 16.2. The normalized spacial score (nSPS) is 13.7. The fraction of sp³-hybridized carbons (Fsp3) is 0.250. The molecule has 0 radical (unpaired) electrons. The van der Waals surface area contributed by atoms with E-state index in [4.69, 9.17) is 4.98 Å². The molecule has 3 amide bonds. The number of para-hydroxylation sites is 3. The van der Waals surface area contributed by atoms with E-state index in [-0.39, 0.29) is 11.9 Å². The van der Waals surface area contributed by atoms with Crippen molar-refractivity contribution in [1.29, 1.82) is 0 Å². The second-order valence-electron chi connectivity index (χ2n) is 8.86. The Labute approximate surface area is 205 Å². The molecular weight excluding hydrogens is 438 g/mol. The summed E-state index contributed by atoms with van der Waals surface area (Å²) in [5.74, 6) is 0.970. The van der Waals surface area contributed by atoms with E-state index in [1.807, 2.05) is 72.5 Å². The molecule has 3 aromatic carbocycles. The molecule has 7 nitrogen and oxygen atoms in total. The van der Waals surface area contributed by atoms with Gasteiger partial charge in [-0.25, -0.2) is 9.78 Å². The van der Waals surface area contributed by atoms with Crippen LogP contribution in [0.4, 0.5) is 10.5 Å². The Kier molecular flexibility index (Phi) is 6.48. The molecule has 7 heteroatoms. The Morgan fingerprint density at radius 2 is 1.57 bits per heavy atom. The van der Waals surface area contributed by atoms with Crippen LogP contribution in [0.1, 0.15) is 17.8 Å². The van der Waals surface area contributed by atoms with Gasteiger partial charge in [0, 0.05) is 50.4 Å². The van der Waals surface area contributed by atoms with Crippen LogP contribution in [0.15, 0.2) is 78.9 Å². The van der Waals surface area contributed by atoms with Gasteiger partial charge >= 0.3 is 6.03 Å². The van der Waals surface area contributed by atoms with Crippen LogP contribution < -0.4 is 5.32 Å². The third-order valence-corrected chi connectivity index (χ3v) is 6.40. The van der Waals surface area contributed by atoms with Crippen molar-refractivity contribution in [2.45, 2.75) is 19.8 Å². The van der Waals surface area contributed by atoms with Crippen LogP contribution in [-0.2, 0) is 11.2 Å². The number of fused-ring (bicyclic) bond motifs is 1. The molecule has 0 atom stereocenters. The van der Waals surface area contributed by atoms with Crippen LogP contribution in [-0.4, -0.2) is 57.5 Å². The quantitative estimate of drug-likeness (QED) is 0.465. The highest BCUT2D eigenvalue weighted by Gasteiger charge is 2.24. The molecule has 1 N–H and O–H groups in total. The molecule has 1 fully saturated rings. The smallest absolute Gasteiger partial charge is 0.321 e. The van der Waals surface area contributed by atoms with E-state index in [0.717, 1.165) is 33.8 Å². The molecule has 0 bridgehead atoms. The molecule has 1 aliphatic rings. The molecular formula is C28H29N5O2. The lowest BCUT2D eigenvalue weighted by molar-refractivity contribution is -0.132. The molecule has 4 aromatic rings. The van der Waals surface area contributed by atoms with Gasteiger partial charge in [0.1, 0.15) is 5.82 Å². The standard InChI is InChI=1S/C28H29N5O2/c1-21-8-7-9-22(20-21)29-28(35)32-18-16-31(17-19-32)27(34)15-14-26-30-24-12-5-6-13-25(24)33(26)23-10-3-2-4-11-23/h2-13,20H,14-19H2,1H3,(H,29,35). The van der Waals surface area contributed by atoms with E-state index in [2.05, 4.69) is 28.1 Å². The number of nitrogens with one attached hydrogen (secondary N) is 1. The van der Waals surface area contributed by atoms with E-state index in [1.54, 1.807) is 4.90 Å². The molecule has 1 aromatic heterocycles. The van der Waals surface area contributed by atoms with E-state index in [0.29, 0.717) is 39.0 Å². The second kappa shape index (κ2) is 10.0. The van der Waals surface area contributed by atoms with Gasteiger partial charge in [-0.3, -0.25) is 9.36 Å². The SMILES string of the molecule is Cc1cccc(NC(=O)N2CCN(C(=O)CCc3nc4ccccc4n3-c3ccccc3)CC2)c1. The summed E-state index contributed by atoms with van der Waals surface area (Å²) in [6.07, 6.45) is 0.933. The lowest BCUT2D eigenvalue weighted by atomic mass is 10.2. The summed E-state index contributed by atoms with van der Waals surface area (Å²) >= 11 is 0. The van der Waals surface area contributed by atoms with Crippen LogP contribution in [0.5, 0.6) is 0 Å². The summed E-state index contributed by atoms with van der Waals surface area (Å²) in [6, 6.07) is 25.8. The van der Waals surface area contributed by atoms with Gasteiger partial charge in [-0.05, 0) is 48.9 Å². The average molecular weight is 468 g/mol. The molecule has 0 spiro atoms. The Hall–Kier alpha value is -4.13. The van der Waals surface area contributed by atoms with Gasteiger partial charge in [0.15, 0.2) is 0 Å². The molecule has 178 valence electrons. The van der Waals surface area contributed by atoms with Gasteiger partial charge in [0.25, 0.3) is 0 Å². The Morgan fingerprint density at radius 3 is 2.34 bits per heavy atom. The number of aryl methyl sites for hydroxylation is 2. The van der Waals surface area contributed by atoms with Crippen molar-refractivity contribution in [3.8, 4) is 5.69 Å². The van der Waals surface area contributed by atoms with Gasteiger partial charge in [-0.15, -0.1) is 0 Å². The first-order chi connectivity index (χ1) is 17.1. The van der Waals surface area contributed by atoms with Crippen LogP contribution >= 0.6 is 0 Å². The van der Waals surface area contributed by atoms with Crippen molar-refractivity contribution in [3.05, 3.63) is 90.3 Å². The van der Waals surface area contributed by atoms with Crippen LogP contribution in [0, 0.1) is 6.92 Å². The summed E-state index contributed by atoms with van der Waals surface area (Å²) in [5.41, 5.74) is 4.88. The zero-order chi connectivity index (χ0) is 24.2. The van der Waals surface area contributed by atoms with Crippen molar-refractivity contribution >= 4 is 28.7 Å². The fourth-order valence-electron chi connectivity index (χ4n) is 4.57. The number of rotatable bonds is 5. The number of hydrogen-bond donors (Lipinski definition) is 1. The lowest BCUT2D eigenvalue weighted by Crippen LogP contribution is -2.51. The Morgan fingerprint density at radius 1 is 0.857 bits per heavy atom. The van der Waals surface area contributed by atoms with Crippen LogP contribution in [0.25, 0.3) is 16.7 Å². The first-order valence-electron chi connectivity index (χ1n) is 12.0. The zero-order valence-corrected chi connectivity index (χ0v) is 19.9.